The molecule has 92 valence electrons. The maximum absolute atomic E-state index is 11.6. The lowest BCUT2D eigenvalue weighted by molar-refractivity contribution is -0.119. The van der Waals surface area contributed by atoms with Gasteiger partial charge in [0.25, 0.3) is 0 Å². The lowest BCUT2D eigenvalue weighted by Gasteiger charge is -2.20. The summed E-state index contributed by atoms with van der Waals surface area (Å²) in [7, 11) is 1.79. The number of carbonyl (C=O) groups excluding carboxylic acids is 1. The van der Waals surface area contributed by atoms with Crippen molar-refractivity contribution in [2.45, 2.75) is 23.0 Å². The summed E-state index contributed by atoms with van der Waals surface area (Å²) >= 11 is 1.90. The van der Waals surface area contributed by atoms with Gasteiger partial charge in [-0.15, -0.1) is 0 Å². The highest BCUT2D eigenvalue weighted by Crippen LogP contribution is 2.31. The van der Waals surface area contributed by atoms with Crippen LogP contribution in [0.1, 0.15) is 13.3 Å². The topological polar surface area (TPSA) is 75.3 Å². The highest BCUT2D eigenvalue weighted by atomic mass is 127. The van der Waals surface area contributed by atoms with Gasteiger partial charge in [0.05, 0.1) is 6.04 Å². The second-order valence-electron chi connectivity index (χ2n) is 4.37. The summed E-state index contributed by atoms with van der Waals surface area (Å²) in [6.45, 7) is 2.22. The molecule has 0 aliphatic heterocycles. The van der Waals surface area contributed by atoms with Gasteiger partial charge in [0, 0.05) is 18.9 Å². The zero-order chi connectivity index (χ0) is 12.3. The van der Waals surface area contributed by atoms with Crippen molar-refractivity contribution in [3.8, 4) is 0 Å². The van der Waals surface area contributed by atoms with E-state index in [0.29, 0.717) is 12.3 Å². The molecule has 0 aromatic heterocycles. The summed E-state index contributed by atoms with van der Waals surface area (Å²) in [6, 6.07) is -0.128. The molecular weight excluding hydrogens is 319 g/mol. The molecule has 1 aliphatic rings. The van der Waals surface area contributed by atoms with Gasteiger partial charge in [-0.3, -0.25) is 4.79 Å². The minimum absolute atomic E-state index is 0.128. The highest BCUT2D eigenvalue weighted by molar-refractivity contribution is 14.1. The molecule has 1 fully saturated rings. The van der Waals surface area contributed by atoms with Crippen LogP contribution in [0.5, 0.6) is 0 Å². The standard InChI is InChI=1S/C11H19IN2O2/c1-7-5-9(15)10(14-2)8(7)3-4-11(12,16)6-13/h3-4,7-8,10,14,16H,5-6,13H2,1-2H3/b4-3+. The van der Waals surface area contributed by atoms with Crippen molar-refractivity contribution < 1.29 is 9.90 Å². The molecular formula is C11H19IN2O2. The van der Waals surface area contributed by atoms with Gasteiger partial charge in [-0.1, -0.05) is 13.0 Å². The summed E-state index contributed by atoms with van der Waals surface area (Å²) in [6.07, 6.45) is 4.20. The first-order chi connectivity index (χ1) is 7.41. The molecule has 4 unspecified atom stereocenters. The average molecular weight is 338 g/mol. The second-order valence-corrected chi connectivity index (χ2v) is 6.24. The van der Waals surface area contributed by atoms with E-state index < -0.39 is 3.61 Å². The van der Waals surface area contributed by atoms with Crippen molar-refractivity contribution >= 4 is 28.4 Å². The quantitative estimate of drug-likeness (QED) is 0.395. The number of Topliss-reactive ketones (excluding diaryl/α,β-unsaturated/α-hetero) is 1. The summed E-state index contributed by atoms with van der Waals surface area (Å²) in [5.41, 5.74) is 5.43. The molecule has 0 amide bonds. The van der Waals surface area contributed by atoms with Crippen molar-refractivity contribution in [1.29, 1.82) is 0 Å². The van der Waals surface area contributed by atoms with Crippen LogP contribution < -0.4 is 11.1 Å². The van der Waals surface area contributed by atoms with Crippen LogP contribution in [0.3, 0.4) is 0 Å². The Morgan fingerprint density at radius 2 is 2.38 bits per heavy atom. The van der Waals surface area contributed by atoms with Crippen LogP contribution in [-0.4, -0.2) is 34.1 Å². The van der Waals surface area contributed by atoms with E-state index in [1.807, 2.05) is 28.7 Å². The van der Waals surface area contributed by atoms with Gasteiger partial charge in [0.2, 0.25) is 0 Å². The number of halogens is 1. The first kappa shape index (κ1) is 14.1. The van der Waals surface area contributed by atoms with Crippen LogP contribution >= 0.6 is 22.6 Å². The van der Waals surface area contributed by atoms with E-state index in [4.69, 9.17) is 5.73 Å². The molecule has 1 rings (SSSR count). The Hall–Kier alpha value is 0.0200. The number of ketones is 1. The van der Waals surface area contributed by atoms with E-state index in [9.17, 15) is 9.90 Å². The fourth-order valence-corrected chi connectivity index (χ4v) is 2.31. The number of nitrogens with one attached hydrogen (secondary N) is 1. The number of carbonyl (C=O) groups is 1. The van der Waals surface area contributed by atoms with Crippen LogP contribution in [0.15, 0.2) is 12.2 Å². The van der Waals surface area contributed by atoms with Gasteiger partial charge in [0.1, 0.15) is 3.61 Å². The third-order valence-electron chi connectivity index (χ3n) is 3.08. The van der Waals surface area contributed by atoms with Gasteiger partial charge in [-0.2, -0.15) is 0 Å². The van der Waals surface area contributed by atoms with Crippen molar-refractivity contribution in [1.82, 2.24) is 5.32 Å². The van der Waals surface area contributed by atoms with Crippen molar-refractivity contribution in [2.24, 2.45) is 17.6 Å². The van der Waals surface area contributed by atoms with Gasteiger partial charge in [-0.25, -0.2) is 0 Å². The first-order valence-corrected chi connectivity index (χ1v) is 6.50. The maximum Gasteiger partial charge on any atom is 0.150 e. The van der Waals surface area contributed by atoms with E-state index >= 15 is 0 Å². The van der Waals surface area contributed by atoms with E-state index in [-0.39, 0.29) is 24.3 Å². The highest BCUT2D eigenvalue weighted by Gasteiger charge is 2.37. The second kappa shape index (κ2) is 5.57. The minimum Gasteiger partial charge on any atom is -0.375 e. The molecule has 0 spiro atoms. The fraction of sp³-hybridized carbons (Fsp3) is 0.727. The summed E-state index contributed by atoms with van der Waals surface area (Å²) < 4.78 is -1.01. The van der Waals surface area contributed by atoms with Gasteiger partial charge in [-0.05, 0) is 41.6 Å². The van der Waals surface area contributed by atoms with Crippen LogP contribution in [0.25, 0.3) is 0 Å². The minimum atomic E-state index is -1.01. The van der Waals surface area contributed by atoms with Gasteiger partial charge in [0.15, 0.2) is 5.78 Å². The maximum atomic E-state index is 11.6. The Balaban J connectivity index is 2.75. The average Bonchev–Trinajstić information content (AvgIpc) is 2.50. The molecule has 4 N–H and O–H groups in total. The van der Waals surface area contributed by atoms with Crippen LogP contribution in [0.2, 0.25) is 0 Å². The number of hydrogen-bond acceptors (Lipinski definition) is 4. The lowest BCUT2D eigenvalue weighted by atomic mass is 9.94. The smallest absolute Gasteiger partial charge is 0.150 e. The number of alkyl halides is 1. The molecule has 0 radical (unpaired) electrons. The largest absolute Gasteiger partial charge is 0.375 e. The van der Waals surface area contributed by atoms with Crippen molar-refractivity contribution in [3.05, 3.63) is 12.2 Å². The van der Waals surface area contributed by atoms with Crippen molar-refractivity contribution in [2.75, 3.05) is 13.6 Å². The zero-order valence-corrected chi connectivity index (χ0v) is 11.8. The van der Waals surface area contributed by atoms with E-state index in [2.05, 4.69) is 12.2 Å². The molecule has 16 heavy (non-hydrogen) atoms. The zero-order valence-electron chi connectivity index (χ0n) is 9.61. The lowest BCUT2D eigenvalue weighted by Crippen LogP contribution is -2.36. The predicted octanol–water partition coefficient (Wildman–Crippen LogP) is 0.438. The number of hydrogen-bond donors (Lipinski definition) is 3. The van der Waals surface area contributed by atoms with Crippen LogP contribution in [0.4, 0.5) is 0 Å². The first-order valence-electron chi connectivity index (χ1n) is 5.42. The summed E-state index contributed by atoms with van der Waals surface area (Å²) in [4.78, 5) is 11.6. The molecule has 0 heterocycles. The summed E-state index contributed by atoms with van der Waals surface area (Å²) in [5, 5.41) is 12.8. The molecule has 1 aliphatic carbocycles. The Kier molecular flexibility index (Phi) is 4.90. The molecule has 0 aromatic carbocycles. The third kappa shape index (κ3) is 3.26. The Morgan fingerprint density at radius 1 is 1.75 bits per heavy atom. The normalized spacial score (nSPS) is 34.6. The molecule has 5 heteroatoms. The number of rotatable bonds is 4. The monoisotopic (exact) mass is 338 g/mol. The number of nitrogens with two attached hydrogens (primary N) is 1. The molecule has 4 atom stereocenters. The predicted molar refractivity (Wildman–Crippen MR) is 72.3 cm³/mol. The molecule has 0 aromatic rings. The molecule has 0 saturated heterocycles. The Bertz CT molecular complexity index is 292. The SMILES string of the molecule is CNC1C(=O)CC(C)C1/C=C/C(O)(I)CN. The van der Waals surface area contributed by atoms with Gasteiger partial charge >= 0.3 is 0 Å². The van der Waals surface area contributed by atoms with Crippen LogP contribution in [-0.2, 0) is 4.79 Å². The summed E-state index contributed by atoms with van der Waals surface area (Å²) in [5.74, 6) is 0.700. The number of likely N-dealkylation sites (N-methyl/N-ethyl adjacent to an activating group) is 1. The molecule has 4 nitrogen and oxygen atoms in total. The van der Waals surface area contributed by atoms with E-state index in [1.165, 1.54) is 0 Å². The van der Waals surface area contributed by atoms with Crippen LogP contribution in [0, 0.1) is 11.8 Å². The third-order valence-corrected chi connectivity index (χ3v) is 3.88. The number of aliphatic hydroxyl groups is 1. The van der Waals surface area contributed by atoms with E-state index in [0.717, 1.165) is 0 Å². The van der Waals surface area contributed by atoms with Crippen molar-refractivity contribution in [3.63, 3.8) is 0 Å². The Labute approximate surface area is 110 Å². The molecule has 0 bridgehead atoms. The van der Waals surface area contributed by atoms with Gasteiger partial charge < -0.3 is 16.2 Å². The molecule has 1 saturated carbocycles. The Morgan fingerprint density at radius 3 is 2.88 bits per heavy atom. The van der Waals surface area contributed by atoms with E-state index in [1.54, 1.807) is 13.1 Å². The fourth-order valence-electron chi connectivity index (χ4n) is 2.10.